The molecule has 0 aromatic heterocycles. The number of hydrogen-bond donors (Lipinski definition) is 2. The smallest absolute Gasteiger partial charge is 0.222 e. The molecule has 2 rings (SSSR count). The van der Waals surface area contributed by atoms with Crippen molar-refractivity contribution in [2.45, 2.75) is 58.8 Å². The molecule has 2 N–H and O–H groups in total. The molecule has 26 heavy (non-hydrogen) atoms. The number of rotatable bonds is 10. The van der Waals surface area contributed by atoms with Gasteiger partial charge in [-0.15, -0.1) is 0 Å². The first-order chi connectivity index (χ1) is 12.7. The fourth-order valence-corrected chi connectivity index (χ4v) is 3.69. The quantitative estimate of drug-likeness (QED) is 0.353. The predicted octanol–water partition coefficient (Wildman–Crippen LogP) is 2.07. The lowest BCUT2D eigenvalue weighted by atomic mass is 9.99. The van der Waals surface area contributed by atoms with Crippen molar-refractivity contribution in [2.75, 3.05) is 52.4 Å². The van der Waals surface area contributed by atoms with Crippen LogP contribution in [0.25, 0.3) is 0 Å². The van der Waals surface area contributed by atoms with Gasteiger partial charge in [0.25, 0.3) is 0 Å². The van der Waals surface area contributed by atoms with E-state index in [9.17, 15) is 4.79 Å². The number of nitrogens with one attached hydrogen (secondary N) is 2. The van der Waals surface area contributed by atoms with Crippen molar-refractivity contribution in [1.29, 1.82) is 0 Å². The number of guanidine groups is 1. The Morgan fingerprint density at radius 3 is 2.62 bits per heavy atom. The standard InChI is InChI=1S/C20H39N5O/c1-3-21-20(23-12-7-15-25-14-6-8-19(25)26)22-11-4-5-13-24-16-9-18(2)10-17-24/h18H,3-17H2,1-2H3,(H2,21,22,23). The molecule has 150 valence electrons. The number of likely N-dealkylation sites (tertiary alicyclic amines) is 2. The van der Waals surface area contributed by atoms with Crippen LogP contribution in [0.15, 0.2) is 4.99 Å². The number of unbranched alkanes of at least 4 members (excludes halogenated alkanes) is 1. The Hall–Kier alpha value is -1.30. The molecule has 0 bridgehead atoms. The van der Waals surface area contributed by atoms with Crippen LogP contribution < -0.4 is 10.6 Å². The average molecular weight is 366 g/mol. The minimum absolute atomic E-state index is 0.308. The number of carbonyl (C=O) groups excluding carboxylic acids is 1. The van der Waals surface area contributed by atoms with Gasteiger partial charge < -0.3 is 20.4 Å². The molecular weight excluding hydrogens is 326 g/mol. The van der Waals surface area contributed by atoms with E-state index in [1.54, 1.807) is 0 Å². The summed E-state index contributed by atoms with van der Waals surface area (Å²) in [6.07, 6.45) is 7.83. The van der Waals surface area contributed by atoms with Crippen molar-refractivity contribution in [1.82, 2.24) is 20.4 Å². The van der Waals surface area contributed by atoms with Crippen LogP contribution in [0, 0.1) is 5.92 Å². The largest absolute Gasteiger partial charge is 0.357 e. The lowest BCUT2D eigenvalue weighted by Gasteiger charge is -2.30. The molecular formula is C20H39N5O. The fourth-order valence-electron chi connectivity index (χ4n) is 3.69. The Morgan fingerprint density at radius 1 is 1.12 bits per heavy atom. The second kappa shape index (κ2) is 12.2. The highest BCUT2D eigenvalue weighted by atomic mass is 16.2. The minimum Gasteiger partial charge on any atom is -0.357 e. The van der Waals surface area contributed by atoms with Crippen LogP contribution in [0.4, 0.5) is 0 Å². The van der Waals surface area contributed by atoms with Crippen LogP contribution >= 0.6 is 0 Å². The zero-order valence-electron chi connectivity index (χ0n) is 16.9. The second-order valence-electron chi connectivity index (χ2n) is 7.76. The Balaban J connectivity index is 1.54. The van der Waals surface area contributed by atoms with Crippen molar-refractivity contribution >= 4 is 11.9 Å². The van der Waals surface area contributed by atoms with E-state index in [1.165, 1.54) is 45.3 Å². The van der Waals surface area contributed by atoms with E-state index in [2.05, 4.69) is 34.4 Å². The fraction of sp³-hybridized carbons (Fsp3) is 0.900. The maximum Gasteiger partial charge on any atom is 0.222 e. The second-order valence-corrected chi connectivity index (χ2v) is 7.76. The summed E-state index contributed by atoms with van der Waals surface area (Å²) in [6.45, 7) is 12.6. The van der Waals surface area contributed by atoms with Crippen LogP contribution in [0.2, 0.25) is 0 Å². The van der Waals surface area contributed by atoms with Crippen molar-refractivity contribution in [3.05, 3.63) is 0 Å². The summed E-state index contributed by atoms with van der Waals surface area (Å²) in [5, 5.41) is 6.76. The zero-order chi connectivity index (χ0) is 18.6. The highest BCUT2D eigenvalue weighted by Crippen LogP contribution is 2.16. The van der Waals surface area contributed by atoms with E-state index in [0.29, 0.717) is 5.91 Å². The van der Waals surface area contributed by atoms with Crippen LogP contribution in [-0.2, 0) is 4.79 Å². The Labute approximate surface area is 159 Å². The maximum atomic E-state index is 11.6. The van der Waals surface area contributed by atoms with E-state index in [1.807, 2.05) is 4.90 Å². The number of nitrogens with zero attached hydrogens (tertiary/aromatic N) is 3. The van der Waals surface area contributed by atoms with E-state index < -0.39 is 0 Å². The number of aliphatic imine (C=N–C) groups is 1. The van der Waals surface area contributed by atoms with Gasteiger partial charge in [0, 0.05) is 39.1 Å². The monoisotopic (exact) mass is 365 g/mol. The van der Waals surface area contributed by atoms with Gasteiger partial charge in [0.1, 0.15) is 0 Å². The topological polar surface area (TPSA) is 60.0 Å². The summed E-state index contributed by atoms with van der Waals surface area (Å²) in [5.41, 5.74) is 0. The van der Waals surface area contributed by atoms with E-state index in [0.717, 1.165) is 63.9 Å². The first-order valence-corrected chi connectivity index (χ1v) is 10.7. The van der Waals surface area contributed by atoms with E-state index >= 15 is 0 Å². The average Bonchev–Trinajstić information content (AvgIpc) is 3.05. The molecule has 0 unspecified atom stereocenters. The van der Waals surface area contributed by atoms with Crippen molar-refractivity contribution < 1.29 is 4.79 Å². The first-order valence-electron chi connectivity index (χ1n) is 10.7. The molecule has 2 aliphatic rings. The molecule has 2 heterocycles. The molecule has 0 aliphatic carbocycles. The highest BCUT2D eigenvalue weighted by molar-refractivity contribution is 5.79. The summed E-state index contributed by atoms with van der Waals surface area (Å²) in [6, 6.07) is 0. The minimum atomic E-state index is 0.308. The van der Waals surface area contributed by atoms with Gasteiger partial charge in [-0.05, 0) is 71.0 Å². The Bertz CT molecular complexity index is 432. The molecule has 2 saturated heterocycles. The predicted molar refractivity (Wildman–Crippen MR) is 108 cm³/mol. The molecule has 6 nitrogen and oxygen atoms in total. The normalized spacial score (nSPS) is 20.0. The Kier molecular flexibility index (Phi) is 9.82. The SMILES string of the molecule is CCNC(=NCCCN1CCCC1=O)NCCCCN1CCC(C)CC1. The van der Waals surface area contributed by atoms with Gasteiger partial charge in [0.15, 0.2) is 5.96 Å². The Morgan fingerprint density at radius 2 is 1.92 bits per heavy atom. The number of hydrogen-bond acceptors (Lipinski definition) is 3. The van der Waals surface area contributed by atoms with Gasteiger partial charge in [-0.2, -0.15) is 0 Å². The van der Waals surface area contributed by atoms with Crippen LogP contribution in [-0.4, -0.2) is 74.0 Å². The van der Waals surface area contributed by atoms with Gasteiger partial charge in [-0.3, -0.25) is 9.79 Å². The summed E-state index contributed by atoms with van der Waals surface area (Å²) < 4.78 is 0. The van der Waals surface area contributed by atoms with Crippen molar-refractivity contribution in [2.24, 2.45) is 10.9 Å². The summed E-state index contributed by atoms with van der Waals surface area (Å²) in [5.74, 6) is 2.13. The van der Waals surface area contributed by atoms with Crippen LogP contribution in [0.3, 0.4) is 0 Å². The lowest BCUT2D eigenvalue weighted by molar-refractivity contribution is -0.127. The van der Waals surface area contributed by atoms with Gasteiger partial charge in [0.2, 0.25) is 5.91 Å². The molecule has 0 aromatic rings. The third-order valence-corrected chi connectivity index (χ3v) is 5.44. The van der Waals surface area contributed by atoms with E-state index in [4.69, 9.17) is 0 Å². The van der Waals surface area contributed by atoms with Gasteiger partial charge >= 0.3 is 0 Å². The zero-order valence-corrected chi connectivity index (χ0v) is 16.9. The molecule has 0 aromatic carbocycles. The lowest BCUT2D eigenvalue weighted by Crippen LogP contribution is -2.38. The summed E-state index contributed by atoms with van der Waals surface area (Å²) in [7, 11) is 0. The first kappa shape index (κ1) is 21.0. The third kappa shape index (κ3) is 7.94. The number of piperidine rings is 1. The van der Waals surface area contributed by atoms with Crippen molar-refractivity contribution in [3.63, 3.8) is 0 Å². The highest BCUT2D eigenvalue weighted by Gasteiger charge is 2.18. The van der Waals surface area contributed by atoms with Crippen molar-refractivity contribution in [3.8, 4) is 0 Å². The summed E-state index contributed by atoms with van der Waals surface area (Å²) in [4.78, 5) is 20.8. The molecule has 0 spiro atoms. The number of amides is 1. The molecule has 1 amide bonds. The van der Waals surface area contributed by atoms with Crippen LogP contribution in [0.5, 0.6) is 0 Å². The molecule has 0 saturated carbocycles. The van der Waals surface area contributed by atoms with Crippen LogP contribution in [0.1, 0.15) is 58.8 Å². The summed E-state index contributed by atoms with van der Waals surface area (Å²) >= 11 is 0. The molecule has 2 aliphatic heterocycles. The number of carbonyl (C=O) groups is 1. The maximum absolute atomic E-state index is 11.6. The third-order valence-electron chi connectivity index (χ3n) is 5.44. The van der Waals surface area contributed by atoms with Gasteiger partial charge in [0.05, 0.1) is 0 Å². The molecule has 2 fully saturated rings. The van der Waals surface area contributed by atoms with Gasteiger partial charge in [-0.1, -0.05) is 6.92 Å². The molecule has 0 atom stereocenters. The molecule has 0 radical (unpaired) electrons. The van der Waals surface area contributed by atoms with Gasteiger partial charge in [-0.25, -0.2) is 0 Å². The molecule has 6 heteroatoms. The van der Waals surface area contributed by atoms with E-state index in [-0.39, 0.29) is 0 Å².